The van der Waals surface area contributed by atoms with Crippen molar-refractivity contribution in [1.82, 2.24) is 10.3 Å². The van der Waals surface area contributed by atoms with E-state index in [1.165, 1.54) is 17.8 Å². The Labute approximate surface area is 157 Å². The maximum atomic E-state index is 12.3. The summed E-state index contributed by atoms with van der Waals surface area (Å²) < 4.78 is 5.32. The van der Waals surface area contributed by atoms with Gasteiger partial charge in [0.1, 0.15) is 5.01 Å². The molecule has 0 aliphatic heterocycles. The summed E-state index contributed by atoms with van der Waals surface area (Å²) in [4.78, 5) is 29.0. The maximum Gasteiger partial charge on any atom is 0.358 e. The molecule has 1 saturated carbocycles. The molecule has 0 radical (unpaired) electrons. The van der Waals surface area contributed by atoms with Crippen molar-refractivity contribution in [3.63, 3.8) is 0 Å². The van der Waals surface area contributed by atoms with Crippen LogP contribution in [0.5, 0.6) is 0 Å². The van der Waals surface area contributed by atoms with E-state index in [1.54, 1.807) is 12.3 Å². The molecule has 2 aromatic rings. The molecule has 1 aliphatic carbocycles. The molecule has 0 unspecified atom stereocenters. The third kappa shape index (κ3) is 4.49. The topological polar surface area (TPSA) is 68.3 Å². The first-order chi connectivity index (χ1) is 12.5. The van der Waals surface area contributed by atoms with Crippen LogP contribution in [0, 0.1) is 5.92 Å². The van der Waals surface area contributed by atoms with Gasteiger partial charge >= 0.3 is 5.97 Å². The van der Waals surface area contributed by atoms with Gasteiger partial charge < -0.3 is 10.1 Å². The minimum absolute atomic E-state index is 0.168. The summed E-state index contributed by atoms with van der Waals surface area (Å²) in [6, 6.07) is 9.83. The van der Waals surface area contributed by atoms with Gasteiger partial charge in [0.05, 0.1) is 0 Å². The smallest absolute Gasteiger partial charge is 0.358 e. The number of esters is 1. The van der Waals surface area contributed by atoms with Crippen LogP contribution >= 0.6 is 11.3 Å². The van der Waals surface area contributed by atoms with Crippen molar-refractivity contribution in [2.45, 2.75) is 51.7 Å². The molecule has 0 saturated heterocycles. The maximum absolute atomic E-state index is 12.3. The lowest BCUT2D eigenvalue weighted by atomic mass is 9.86. The standard InChI is InChI=1S/C20H24N2O3S/c1-13-8-6-7-11-16(13)21-18(23)14(2)25-20(24)17-12-26-19(22-17)15-9-4-3-5-10-15/h3-5,9-10,12-14,16H,6-8,11H2,1-2H3,(H,21,23)/t13-,14-,16-/m1/s1. The van der Waals surface area contributed by atoms with Gasteiger partial charge in [0, 0.05) is 17.0 Å². The van der Waals surface area contributed by atoms with Crippen molar-refractivity contribution in [3.05, 3.63) is 41.4 Å². The van der Waals surface area contributed by atoms with E-state index < -0.39 is 12.1 Å². The molecule has 5 nitrogen and oxygen atoms in total. The Kier molecular flexibility index (Phi) is 6.04. The number of nitrogens with zero attached hydrogens (tertiary/aromatic N) is 1. The third-order valence-corrected chi connectivity index (χ3v) is 5.72. The fourth-order valence-corrected chi connectivity index (χ4v) is 3.98. The molecule has 0 spiro atoms. The molecule has 1 fully saturated rings. The van der Waals surface area contributed by atoms with E-state index >= 15 is 0 Å². The second-order valence-electron chi connectivity index (χ2n) is 6.83. The van der Waals surface area contributed by atoms with Crippen LogP contribution in [0.25, 0.3) is 10.6 Å². The predicted octanol–water partition coefficient (Wildman–Crippen LogP) is 4.05. The number of hydrogen-bond acceptors (Lipinski definition) is 5. The van der Waals surface area contributed by atoms with Gasteiger partial charge in [-0.15, -0.1) is 11.3 Å². The van der Waals surface area contributed by atoms with Gasteiger partial charge in [0.25, 0.3) is 5.91 Å². The molecule has 3 rings (SSSR count). The zero-order valence-electron chi connectivity index (χ0n) is 15.1. The van der Waals surface area contributed by atoms with Crippen LogP contribution in [0.1, 0.15) is 50.0 Å². The fraction of sp³-hybridized carbons (Fsp3) is 0.450. The fourth-order valence-electron chi connectivity index (χ4n) is 3.19. The highest BCUT2D eigenvalue weighted by Crippen LogP contribution is 2.25. The zero-order valence-corrected chi connectivity index (χ0v) is 15.9. The summed E-state index contributed by atoms with van der Waals surface area (Å²) in [5.41, 5.74) is 1.19. The zero-order chi connectivity index (χ0) is 18.5. The Hall–Kier alpha value is -2.21. The number of rotatable bonds is 5. The number of carbonyl (C=O) groups excluding carboxylic acids is 2. The molecule has 0 bridgehead atoms. The molecule has 1 aromatic carbocycles. The summed E-state index contributed by atoms with van der Waals surface area (Å²) in [5, 5.41) is 5.44. The summed E-state index contributed by atoms with van der Waals surface area (Å²) in [5.74, 6) is -0.346. The van der Waals surface area contributed by atoms with Crippen LogP contribution in [-0.4, -0.2) is 29.0 Å². The number of thiazole rings is 1. The van der Waals surface area contributed by atoms with Crippen LogP contribution in [0.15, 0.2) is 35.7 Å². The Bertz CT molecular complexity index is 759. The number of carbonyl (C=O) groups is 2. The normalized spacial score (nSPS) is 21.0. The SMILES string of the molecule is C[C@@H]1CCCC[C@H]1NC(=O)[C@@H](C)OC(=O)c1csc(-c2ccccc2)n1. The van der Waals surface area contributed by atoms with E-state index in [9.17, 15) is 9.59 Å². The molecular weight excluding hydrogens is 348 g/mol. The van der Waals surface area contributed by atoms with E-state index in [1.807, 2.05) is 30.3 Å². The Balaban J connectivity index is 1.57. The summed E-state index contributed by atoms with van der Waals surface area (Å²) in [6.45, 7) is 3.76. The van der Waals surface area contributed by atoms with Gasteiger partial charge in [0.15, 0.2) is 11.8 Å². The highest BCUT2D eigenvalue weighted by Gasteiger charge is 2.27. The number of benzene rings is 1. The van der Waals surface area contributed by atoms with E-state index in [-0.39, 0.29) is 17.6 Å². The molecule has 1 aliphatic rings. The van der Waals surface area contributed by atoms with E-state index in [4.69, 9.17) is 4.74 Å². The number of nitrogens with one attached hydrogen (secondary N) is 1. The Morgan fingerprint density at radius 1 is 1.23 bits per heavy atom. The van der Waals surface area contributed by atoms with Crippen molar-refractivity contribution in [1.29, 1.82) is 0 Å². The molecule has 1 amide bonds. The molecule has 1 aromatic heterocycles. The average Bonchev–Trinajstić information content (AvgIpc) is 3.14. The molecule has 1 N–H and O–H groups in total. The Morgan fingerprint density at radius 2 is 1.96 bits per heavy atom. The van der Waals surface area contributed by atoms with Crippen LogP contribution in [0.2, 0.25) is 0 Å². The lowest BCUT2D eigenvalue weighted by Gasteiger charge is -2.30. The molecular formula is C20H24N2O3S. The number of ether oxygens (including phenoxy) is 1. The quantitative estimate of drug-likeness (QED) is 0.804. The molecule has 3 atom stereocenters. The van der Waals surface area contributed by atoms with Crippen LogP contribution in [-0.2, 0) is 9.53 Å². The lowest BCUT2D eigenvalue weighted by Crippen LogP contribution is -2.46. The van der Waals surface area contributed by atoms with Gasteiger partial charge in [-0.2, -0.15) is 0 Å². The van der Waals surface area contributed by atoms with Crippen LogP contribution in [0.3, 0.4) is 0 Å². The minimum Gasteiger partial charge on any atom is -0.448 e. The molecule has 138 valence electrons. The highest BCUT2D eigenvalue weighted by molar-refractivity contribution is 7.13. The monoisotopic (exact) mass is 372 g/mol. The van der Waals surface area contributed by atoms with Crippen LogP contribution < -0.4 is 5.32 Å². The van der Waals surface area contributed by atoms with E-state index in [0.717, 1.165) is 29.8 Å². The number of hydrogen-bond donors (Lipinski definition) is 1. The van der Waals surface area contributed by atoms with Crippen molar-refractivity contribution in [2.75, 3.05) is 0 Å². The number of amides is 1. The third-order valence-electron chi connectivity index (χ3n) is 4.83. The van der Waals surface area contributed by atoms with Gasteiger partial charge in [-0.05, 0) is 25.7 Å². The van der Waals surface area contributed by atoms with Crippen molar-refractivity contribution in [3.8, 4) is 10.6 Å². The Morgan fingerprint density at radius 3 is 2.69 bits per heavy atom. The second-order valence-corrected chi connectivity index (χ2v) is 7.69. The lowest BCUT2D eigenvalue weighted by molar-refractivity contribution is -0.130. The molecule has 26 heavy (non-hydrogen) atoms. The number of aromatic nitrogens is 1. The van der Waals surface area contributed by atoms with Crippen molar-refractivity contribution >= 4 is 23.2 Å². The predicted molar refractivity (Wildman–Crippen MR) is 102 cm³/mol. The molecule has 6 heteroatoms. The summed E-state index contributed by atoms with van der Waals surface area (Å²) >= 11 is 1.38. The van der Waals surface area contributed by atoms with Gasteiger partial charge in [-0.1, -0.05) is 50.1 Å². The van der Waals surface area contributed by atoms with Crippen molar-refractivity contribution < 1.29 is 14.3 Å². The first-order valence-corrected chi connectivity index (χ1v) is 9.95. The van der Waals surface area contributed by atoms with Crippen molar-refractivity contribution in [2.24, 2.45) is 5.92 Å². The van der Waals surface area contributed by atoms with Gasteiger partial charge in [0.2, 0.25) is 0 Å². The first-order valence-electron chi connectivity index (χ1n) is 9.07. The second kappa shape index (κ2) is 8.45. The van der Waals surface area contributed by atoms with Crippen LogP contribution in [0.4, 0.5) is 0 Å². The van der Waals surface area contributed by atoms with E-state index in [0.29, 0.717) is 5.92 Å². The van der Waals surface area contributed by atoms with E-state index in [2.05, 4.69) is 17.2 Å². The average molecular weight is 372 g/mol. The highest BCUT2D eigenvalue weighted by atomic mass is 32.1. The summed E-state index contributed by atoms with van der Waals surface area (Å²) in [7, 11) is 0. The largest absolute Gasteiger partial charge is 0.448 e. The minimum atomic E-state index is -0.835. The molecule has 1 heterocycles. The van der Waals surface area contributed by atoms with Gasteiger partial charge in [-0.25, -0.2) is 9.78 Å². The summed E-state index contributed by atoms with van der Waals surface area (Å²) in [6.07, 6.45) is 3.62. The first kappa shape index (κ1) is 18.6. The van der Waals surface area contributed by atoms with Gasteiger partial charge in [-0.3, -0.25) is 4.79 Å².